The Bertz CT molecular complexity index is 1380. The van der Waals surface area contributed by atoms with E-state index in [9.17, 15) is 9.59 Å². The number of aromatic nitrogens is 4. The third-order valence-electron chi connectivity index (χ3n) is 5.19. The molecular formula is C23H21N5O4S. The topological polar surface area (TPSA) is 111 Å². The molecule has 1 aliphatic heterocycles. The van der Waals surface area contributed by atoms with Crippen LogP contribution in [0.4, 0.5) is 5.69 Å². The number of H-pyrrole nitrogens is 1. The van der Waals surface area contributed by atoms with Crippen molar-refractivity contribution < 1.29 is 14.3 Å². The molecule has 2 aromatic heterocycles. The van der Waals surface area contributed by atoms with Gasteiger partial charge < -0.3 is 14.8 Å². The van der Waals surface area contributed by atoms with Crippen molar-refractivity contribution in [2.75, 3.05) is 24.3 Å². The molecule has 1 amide bonds. The van der Waals surface area contributed by atoms with E-state index in [-0.39, 0.29) is 17.2 Å². The molecule has 0 spiro atoms. The van der Waals surface area contributed by atoms with Crippen molar-refractivity contribution in [2.24, 2.45) is 0 Å². The van der Waals surface area contributed by atoms with Crippen LogP contribution < -0.4 is 20.3 Å². The summed E-state index contributed by atoms with van der Waals surface area (Å²) in [6, 6.07) is 15.0. The Morgan fingerprint density at radius 1 is 1.12 bits per heavy atom. The monoisotopic (exact) mass is 463 g/mol. The predicted molar refractivity (Wildman–Crippen MR) is 125 cm³/mol. The number of aromatic amines is 1. The fourth-order valence-electron chi connectivity index (χ4n) is 3.49. The second-order valence-corrected chi connectivity index (χ2v) is 8.35. The number of anilines is 1. The van der Waals surface area contributed by atoms with E-state index in [0.29, 0.717) is 46.8 Å². The second-order valence-electron chi connectivity index (χ2n) is 7.41. The summed E-state index contributed by atoms with van der Waals surface area (Å²) in [5, 5.41) is 14.4. The van der Waals surface area contributed by atoms with Crippen LogP contribution in [0.5, 0.6) is 11.5 Å². The standard InChI is InChI=1S/C23H21N5O4S/c1-2-14-3-5-15(6-4-14)17-12-18-22(30)25-26-23(28(18)27-17)33-13-21(29)24-16-7-8-19-20(11-16)32-10-9-31-19/h3-8,11-12H,2,9-10,13H2,1H3,(H,24,29)(H,25,30). The van der Waals surface area contributed by atoms with Crippen molar-refractivity contribution in [3.8, 4) is 22.8 Å². The Kier molecular flexibility index (Phi) is 5.74. The maximum absolute atomic E-state index is 12.5. The number of nitrogens with zero attached hydrogens (tertiary/aromatic N) is 3. The van der Waals surface area contributed by atoms with Gasteiger partial charge in [-0.2, -0.15) is 5.10 Å². The van der Waals surface area contributed by atoms with Crippen molar-refractivity contribution in [2.45, 2.75) is 18.5 Å². The number of carbonyl (C=O) groups excluding carboxylic acids is 1. The van der Waals surface area contributed by atoms with Crippen molar-refractivity contribution >= 4 is 28.9 Å². The molecule has 9 nitrogen and oxygen atoms in total. The highest BCUT2D eigenvalue weighted by Gasteiger charge is 2.15. The highest BCUT2D eigenvalue weighted by Crippen LogP contribution is 2.32. The molecule has 0 unspecified atom stereocenters. The molecule has 1 aliphatic rings. The molecule has 2 aromatic carbocycles. The molecule has 5 rings (SSSR count). The lowest BCUT2D eigenvalue weighted by atomic mass is 10.1. The highest BCUT2D eigenvalue weighted by atomic mass is 32.2. The molecule has 0 saturated heterocycles. The summed E-state index contributed by atoms with van der Waals surface area (Å²) < 4.78 is 12.5. The third-order valence-corrected chi connectivity index (χ3v) is 6.12. The van der Waals surface area contributed by atoms with Gasteiger partial charge in [0.15, 0.2) is 11.5 Å². The first-order valence-electron chi connectivity index (χ1n) is 10.5. The van der Waals surface area contributed by atoms with E-state index >= 15 is 0 Å². The van der Waals surface area contributed by atoms with Gasteiger partial charge in [0.1, 0.15) is 18.7 Å². The Morgan fingerprint density at radius 2 is 1.91 bits per heavy atom. The number of fused-ring (bicyclic) bond motifs is 2. The molecule has 0 atom stereocenters. The molecule has 33 heavy (non-hydrogen) atoms. The maximum Gasteiger partial charge on any atom is 0.290 e. The van der Waals surface area contributed by atoms with Gasteiger partial charge in [-0.15, -0.1) is 5.10 Å². The third kappa shape index (κ3) is 4.42. The van der Waals surface area contributed by atoms with E-state index in [1.54, 1.807) is 24.3 Å². The quantitative estimate of drug-likeness (QED) is 0.423. The summed E-state index contributed by atoms with van der Waals surface area (Å²) in [5.74, 6) is 1.13. The van der Waals surface area contributed by atoms with Gasteiger partial charge in [0.25, 0.3) is 5.56 Å². The van der Waals surface area contributed by atoms with Crippen LogP contribution in [0.3, 0.4) is 0 Å². The number of rotatable bonds is 6. The minimum atomic E-state index is -0.344. The molecule has 10 heteroatoms. The molecule has 3 heterocycles. The summed E-state index contributed by atoms with van der Waals surface area (Å²) in [7, 11) is 0. The summed E-state index contributed by atoms with van der Waals surface area (Å²) >= 11 is 1.18. The van der Waals surface area contributed by atoms with Gasteiger partial charge in [-0.05, 0) is 30.2 Å². The molecule has 2 N–H and O–H groups in total. The SMILES string of the molecule is CCc1ccc(-c2cc3c(=O)[nH]nc(SCC(=O)Nc4ccc5c(c4)OCCO5)n3n2)cc1. The van der Waals surface area contributed by atoms with E-state index in [0.717, 1.165) is 12.0 Å². The number of thioether (sulfide) groups is 1. The molecule has 0 bridgehead atoms. The lowest BCUT2D eigenvalue weighted by Crippen LogP contribution is -2.18. The number of carbonyl (C=O) groups is 1. The lowest BCUT2D eigenvalue weighted by molar-refractivity contribution is -0.113. The zero-order valence-corrected chi connectivity index (χ0v) is 18.6. The summed E-state index contributed by atoms with van der Waals surface area (Å²) in [6.07, 6.45) is 0.949. The summed E-state index contributed by atoms with van der Waals surface area (Å²) in [6.45, 7) is 3.08. The maximum atomic E-state index is 12.5. The zero-order valence-electron chi connectivity index (χ0n) is 17.8. The van der Waals surface area contributed by atoms with Crippen molar-refractivity contribution in [3.05, 3.63) is 64.4 Å². The smallest absolute Gasteiger partial charge is 0.290 e. The van der Waals surface area contributed by atoms with Crippen molar-refractivity contribution in [1.82, 2.24) is 19.8 Å². The van der Waals surface area contributed by atoms with Crippen molar-refractivity contribution in [3.63, 3.8) is 0 Å². The van der Waals surface area contributed by atoms with Gasteiger partial charge in [-0.3, -0.25) is 9.59 Å². The zero-order chi connectivity index (χ0) is 22.8. The molecule has 0 aliphatic carbocycles. The number of benzene rings is 2. The largest absolute Gasteiger partial charge is 0.486 e. The summed E-state index contributed by atoms with van der Waals surface area (Å²) in [5.41, 5.74) is 3.43. The van der Waals surface area contributed by atoms with Crippen LogP contribution in [0.1, 0.15) is 12.5 Å². The minimum Gasteiger partial charge on any atom is -0.486 e. The van der Waals surface area contributed by atoms with Crippen LogP contribution in [0, 0.1) is 0 Å². The Hall–Kier alpha value is -3.79. The number of amides is 1. The number of ether oxygens (including phenoxy) is 2. The van der Waals surface area contributed by atoms with E-state index in [1.807, 2.05) is 24.3 Å². The average molecular weight is 464 g/mol. The number of aryl methyl sites for hydroxylation is 1. The first-order valence-corrected chi connectivity index (χ1v) is 11.5. The van der Waals surface area contributed by atoms with Gasteiger partial charge in [-0.1, -0.05) is 43.0 Å². The molecule has 168 valence electrons. The summed E-state index contributed by atoms with van der Waals surface area (Å²) in [4.78, 5) is 24.8. The number of hydrogen-bond acceptors (Lipinski definition) is 7. The van der Waals surface area contributed by atoms with Crippen LogP contribution in [0.15, 0.2) is 58.5 Å². The van der Waals surface area contributed by atoms with Crippen LogP contribution in [-0.2, 0) is 11.2 Å². The van der Waals surface area contributed by atoms with E-state index in [2.05, 4.69) is 27.5 Å². The Balaban J connectivity index is 1.32. The van der Waals surface area contributed by atoms with Gasteiger partial charge in [0, 0.05) is 17.3 Å². The normalized spacial score (nSPS) is 12.6. The Labute approximate surface area is 193 Å². The number of nitrogens with one attached hydrogen (secondary N) is 2. The van der Waals surface area contributed by atoms with Crippen LogP contribution in [0.2, 0.25) is 0 Å². The fraction of sp³-hybridized carbons (Fsp3) is 0.217. The van der Waals surface area contributed by atoms with E-state index < -0.39 is 0 Å². The molecule has 0 radical (unpaired) electrons. The van der Waals surface area contributed by atoms with E-state index in [1.165, 1.54) is 21.8 Å². The molecular weight excluding hydrogens is 442 g/mol. The minimum absolute atomic E-state index is 0.0863. The first-order chi connectivity index (χ1) is 16.1. The Morgan fingerprint density at radius 3 is 2.70 bits per heavy atom. The van der Waals surface area contributed by atoms with Gasteiger partial charge >= 0.3 is 0 Å². The highest BCUT2D eigenvalue weighted by molar-refractivity contribution is 7.99. The fourth-order valence-corrected chi connectivity index (χ4v) is 4.19. The lowest BCUT2D eigenvalue weighted by Gasteiger charge is -2.18. The van der Waals surface area contributed by atoms with Crippen LogP contribution in [0.25, 0.3) is 16.8 Å². The second kappa shape index (κ2) is 8.99. The molecule has 0 fully saturated rings. The van der Waals surface area contributed by atoms with Crippen LogP contribution >= 0.6 is 11.8 Å². The molecule has 0 saturated carbocycles. The molecule has 4 aromatic rings. The van der Waals surface area contributed by atoms with Gasteiger partial charge in [0.2, 0.25) is 11.1 Å². The van der Waals surface area contributed by atoms with E-state index in [4.69, 9.17) is 9.47 Å². The van der Waals surface area contributed by atoms with Gasteiger partial charge in [-0.25, -0.2) is 9.61 Å². The predicted octanol–water partition coefficient (Wildman–Crippen LogP) is 3.15. The van der Waals surface area contributed by atoms with Gasteiger partial charge in [0.05, 0.1) is 11.4 Å². The average Bonchev–Trinajstić information content (AvgIpc) is 3.30. The number of hydrogen-bond donors (Lipinski definition) is 2. The van der Waals surface area contributed by atoms with Crippen molar-refractivity contribution in [1.29, 1.82) is 0 Å². The van der Waals surface area contributed by atoms with Crippen LogP contribution in [-0.4, -0.2) is 44.7 Å². The first kappa shape index (κ1) is 21.1.